The highest BCUT2D eigenvalue weighted by Crippen LogP contribution is 2.21. The van der Waals surface area contributed by atoms with Gasteiger partial charge in [0.25, 0.3) is 0 Å². The summed E-state index contributed by atoms with van der Waals surface area (Å²) in [5.41, 5.74) is -0.0384. The van der Waals surface area contributed by atoms with Crippen LogP contribution in [0.4, 0.5) is 0 Å². The first-order valence-electron chi connectivity index (χ1n) is 5.88. The number of sulfone groups is 1. The Kier molecular flexibility index (Phi) is 4.96. The summed E-state index contributed by atoms with van der Waals surface area (Å²) in [6.45, 7) is 1.77. The second-order valence-corrected chi connectivity index (χ2v) is 8.31. The van der Waals surface area contributed by atoms with Gasteiger partial charge < -0.3 is 5.11 Å². The number of carboxylic acid groups (broad SMARTS) is 1. The molecular formula is C12H12N2O4S3. The van der Waals surface area contributed by atoms with Crippen molar-refractivity contribution in [2.75, 3.05) is 11.5 Å². The van der Waals surface area contributed by atoms with Crippen LogP contribution >= 0.6 is 23.3 Å². The molecule has 1 aromatic heterocycles. The standard InChI is InChI=1S/C12H12N2O4S3/c1-8-13-12(20-14-8)19-5-6-21(17,18)10-4-2-3-9(7-10)11(15)16/h2-4,7H,5-6H2,1H3,(H,15,16). The van der Waals surface area contributed by atoms with Gasteiger partial charge >= 0.3 is 5.97 Å². The summed E-state index contributed by atoms with van der Waals surface area (Å²) in [6.07, 6.45) is 0. The number of nitrogens with zero attached hydrogens (tertiary/aromatic N) is 2. The molecule has 2 rings (SSSR count). The molecule has 0 amide bonds. The molecule has 21 heavy (non-hydrogen) atoms. The fourth-order valence-electron chi connectivity index (χ4n) is 1.52. The molecular weight excluding hydrogens is 332 g/mol. The molecule has 112 valence electrons. The van der Waals surface area contributed by atoms with Crippen molar-refractivity contribution < 1.29 is 18.3 Å². The molecule has 0 aliphatic carbocycles. The minimum Gasteiger partial charge on any atom is -0.478 e. The van der Waals surface area contributed by atoms with E-state index in [0.717, 1.165) is 4.34 Å². The third-order valence-electron chi connectivity index (χ3n) is 2.53. The lowest BCUT2D eigenvalue weighted by atomic mass is 10.2. The highest BCUT2D eigenvalue weighted by Gasteiger charge is 2.16. The maximum absolute atomic E-state index is 12.2. The molecule has 0 radical (unpaired) electrons. The summed E-state index contributed by atoms with van der Waals surface area (Å²) in [5.74, 6) is -0.224. The number of aromatic carboxylic acids is 1. The Morgan fingerprint density at radius 2 is 2.19 bits per heavy atom. The van der Waals surface area contributed by atoms with E-state index >= 15 is 0 Å². The van der Waals surface area contributed by atoms with Crippen LogP contribution in [-0.4, -0.2) is 40.4 Å². The molecule has 0 spiro atoms. The highest BCUT2D eigenvalue weighted by molar-refractivity contribution is 8.02. The third-order valence-corrected chi connectivity index (χ3v) is 6.43. The Morgan fingerprint density at radius 1 is 1.43 bits per heavy atom. The van der Waals surface area contributed by atoms with E-state index in [1.165, 1.54) is 47.6 Å². The van der Waals surface area contributed by atoms with Crippen LogP contribution in [0, 0.1) is 6.92 Å². The van der Waals surface area contributed by atoms with Gasteiger partial charge in [-0.1, -0.05) is 17.8 Å². The van der Waals surface area contributed by atoms with Gasteiger partial charge in [-0.3, -0.25) is 0 Å². The van der Waals surface area contributed by atoms with Crippen LogP contribution in [0.3, 0.4) is 0 Å². The predicted octanol–water partition coefficient (Wildman–Crippen LogP) is 2.11. The predicted molar refractivity (Wildman–Crippen MR) is 80.8 cm³/mol. The lowest BCUT2D eigenvalue weighted by Crippen LogP contribution is -2.10. The molecule has 0 atom stereocenters. The average molecular weight is 344 g/mol. The zero-order chi connectivity index (χ0) is 15.5. The van der Waals surface area contributed by atoms with E-state index < -0.39 is 15.8 Å². The monoisotopic (exact) mass is 344 g/mol. The maximum Gasteiger partial charge on any atom is 0.335 e. The number of benzene rings is 1. The molecule has 0 saturated heterocycles. The van der Waals surface area contributed by atoms with Crippen LogP contribution in [0.2, 0.25) is 0 Å². The largest absolute Gasteiger partial charge is 0.478 e. The lowest BCUT2D eigenvalue weighted by molar-refractivity contribution is 0.0696. The molecule has 1 N–H and O–H groups in total. The quantitative estimate of drug-likeness (QED) is 0.801. The number of hydrogen-bond donors (Lipinski definition) is 1. The summed E-state index contributed by atoms with van der Waals surface area (Å²) < 4.78 is 29.1. The van der Waals surface area contributed by atoms with Crippen LogP contribution in [0.5, 0.6) is 0 Å². The smallest absolute Gasteiger partial charge is 0.335 e. The molecule has 6 nitrogen and oxygen atoms in total. The molecule has 1 heterocycles. The van der Waals surface area contributed by atoms with Crippen LogP contribution < -0.4 is 0 Å². The number of rotatable bonds is 6. The zero-order valence-electron chi connectivity index (χ0n) is 11.0. The van der Waals surface area contributed by atoms with E-state index in [9.17, 15) is 13.2 Å². The summed E-state index contributed by atoms with van der Waals surface area (Å²) in [5, 5.41) is 8.89. The molecule has 0 bridgehead atoms. The number of aromatic nitrogens is 2. The normalized spacial score (nSPS) is 11.5. The lowest BCUT2D eigenvalue weighted by Gasteiger charge is -2.04. The van der Waals surface area contributed by atoms with Crippen LogP contribution in [0.1, 0.15) is 16.2 Å². The Balaban J connectivity index is 2.04. The number of thioether (sulfide) groups is 1. The van der Waals surface area contributed by atoms with Crippen molar-refractivity contribution >= 4 is 39.1 Å². The number of hydrogen-bond acceptors (Lipinski definition) is 7. The SMILES string of the molecule is Cc1nsc(SCCS(=O)(=O)c2cccc(C(=O)O)c2)n1. The van der Waals surface area contributed by atoms with Crippen molar-refractivity contribution in [3.63, 3.8) is 0 Å². The van der Waals surface area contributed by atoms with Crippen LogP contribution in [-0.2, 0) is 9.84 Å². The van der Waals surface area contributed by atoms with Crippen LogP contribution in [0.25, 0.3) is 0 Å². The van der Waals surface area contributed by atoms with Crippen molar-refractivity contribution in [1.82, 2.24) is 9.36 Å². The first-order valence-corrected chi connectivity index (χ1v) is 9.29. The number of aryl methyl sites for hydroxylation is 1. The second kappa shape index (κ2) is 6.54. The Hall–Kier alpha value is -1.45. The molecule has 0 fully saturated rings. The zero-order valence-corrected chi connectivity index (χ0v) is 13.5. The average Bonchev–Trinajstić information content (AvgIpc) is 2.84. The van der Waals surface area contributed by atoms with Gasteiger partial charge in [0.1, 0.15) is 5.82 Å². The molecule has 0 aliphatic heterocycles. The van der Waals surface area contributed by atoms with Gasteiger partial charge in [-0.2, -0.15) is 4.37 Å². The minimum atomic E-state index is -3.51. The van der Waals surface area contributed by atoms with E-state index in [1.807, 2.05) is 0 Å². The van der Waals surface area contributed by atoms with Gasteiger partial charge in [0.2, 0.25) is 0 Å². The number of carboxylic acids is 1. The van der Waals surface area contributed by atoms with Gasteiger partial charge in [-0.15, -0.1) is 0 Å². The number of carbonyl (C=O) groups is 1. The third kappa shape index (κ3) is 4.26. The summed E-state index contributed by atoms with van der Waals surface area (Å²) >= 11 is 2.55. The first kappa shape index (κ1) is 15.9. The summed E-state index contributed by atoms with van der Waals surface area (Å²) in [6, 6.07) is 5.37. The Labute approximate surface area is 130 Å². The maximum atomic E-state index is 12.2. The fourth-order valence-corrected chi connectivity index (χ4v) is 4.92. The first-order chi connectivity index (χ1) is 9.88. The van der Waals surface area contributed by atoms with E-state index in [0.29, 0.717) is 11.6 Å². The topological polar surface area (TPSA) is 97.2 Å². The minimum absolute atomic E-state index is 0.0245. The van der Waals surface area contributed by atoms with Gasteiger partial charge in [0.05, 0.1) is 16.2 Å². The van der Waals surface area contributed by atoms with E-state index in [1.54, 1.807) is 6.92 Å². The van der Waals surface area contributed by atoms with Crippen molar-refractivity contribution in [3.05, 3.63) is 35.7 Å². The van der Waals surface area contributed by atoms with Gasteiger partial charge in [0.15, 0.2) is 14.2 Å². The van der Waals surface area contributed by atoms with E-state index in [-0.39, 0.29) is 16.2 Å². The molecule has 2 aromatic rings. The second-order valence-electron chi connectivity index (χ2n) is 4.11. The Bertz CT molecular complexity index is 755. The van der Waals surface area contributed by atoms with Crippen molar-refractivity contribution in [2.24, 2.45) is 0 Å². The fraction of sp³-hybridized carbons (Fsp3) is 0.250. The van der Waals surface area contributed by atoms with Gasteiger partial charge in [-0.05, 0) is 36.7 Å². The van der Waals surface area contributed by atoms with Crippen molar-refractivity contribution in [3.8, 4) is 0 Å². The van der Waals surface area contributed by atoms with Gasteiger partial charge in [0, 0.05) is 5.75 Å². The summed E-state index contributed by atoms with van der Waals surface area (Å²) in [4.78, 5) is 15.0. The molecule has 1 aromatic carbocycles. The molecule has 0 aliphatic rings. The molecule has 9 heteroatoms. The molecule has 0 unspecified atom stereocenters. The highest BCUT2D eigenvalue weighted by atomic mass is 32.2. The van der Waals surface area contributed by atoms with E-state index in [4.69, 9.17) is 5.11 Å². The Morgan fingerprint density at radius 3 is 2.81 bits per heavy atom. The van der Waals surface area contributed by atoms with Crippen molar-refractivity contribution in [1.29, 1.82) is 0 Å². The summed E-state index contributed by atoms with van der Waals surface area (Å²) in [7, 11) is -3.51. The van der Waals surface area contributed by atoms with Gasteiger partial charge in [-0.25, -0.2) is 18.2 Å². The molecule has 0 saturated carbocycles. The van der Waals surface area contributed by atoms with Crippen molar-refractivity contribution in [2.45, 2.75) is 16.2 Å². The van der Waals surface area contributed by atoms with E-state index in [2.05, 4.69) is 9.36 Å². The van der Waals surface area contributed by atoms with Crippen LogP contribution in [0.15, 0.2) is 33.5 Å².